The molecule has 1 N–H and O–H groups in total. The molecule has 1 unspecified atom stereocenters. The number of sulfonamides is 1. The quantitative estimate of drug-likeness (QED) is 0.710. The molecule has 1 aliphatic heterocycles. The average molecular weight is 419 g/mol. The number of rotatable bonds is 8. The summed E-state index contributed by atoms with van der Waals surface area (Å²) in [7, 11) is 0.576. The van der Waals surface area contributed by atoms with Crippen molar-refractivity contribution >= 4 is 15.8 Å². The van der Waals surface area contributed by atoms with E-state index >= 15 is 0 Å². The van der Waals surface area contributed by atoms with Gasteiger partial charge in [0.15, 0.2) is 0 Å². The van der Waals surface area contributed by atoms with Crippen LogP contribution in [0.15, 0.2) is 47.5 Å². The van der Waals surface area contributed by atoms with Crippen LogP contribution in [0.4, 0.5) is 5.82 Å². The Morgan fingerprint density at radius 1 is 1.14 bits per heavy atom. The molecular weight excluding hydrogens is 388 g/mol. The van der Waals surface area contributed by atoms with E-state index in [1.165, 1.54) is 21.6 Å². The Labute approximate surface area is 173 Å². The lowest BCUT2D eigenvalue weighted by Crippen LogP contribution is -2.40. The van der Waals surface area contributed by atoms with Gasteiger partial charge in [-0.25, -0.2) is 13.4 Å². The second-order valence-electron chi connectivity index (χ2n) is 7.35. The lowest BCUT2D eigenvalue weighted by atomic mass is 10.0. The number of hydrogen-bond donors (Lipinski definition) is 1. The molecule has 1 saturated heterocycles. The molecule has 1 aromatic heterocycles. The predicted octanol–water partition coefficient (Wildman–Crippen LogP) is 2.38. The van der Waals surface area contributed by atoms with Gasteiger partial charge in [0.2, 0.25) is 10.0 Å². The van der Waals surface area contributed by atoms with E-state index in [1.54, 1.807) is 12.1 Å². The van der Waals surface area contributed by atoms with Crippen molar-refractivity contribution in [3.05, 3.63) is 53.7 Å². The third kappa shape index (κ3) is 5.33. The molecule has 8 heteroatoms. The molecule has 0 radical (unpaired) electrons. The fourth-order valence-corrected chi connectivity index (χ4v) is 4.70. The standard InChI is InChI=1S/C21H30N4O3S/c1-4-17-5-7-18(8-6-17)20(24(2)3)16-23-21-10-9-19(15-22-21)29(26,27)25-11-13-28-14-12-25/h5-10,15,20H,4,11-14,16H2,1-3H3,(H,22,23). The first-order valence-corrected chi connectivity index (χ1v) is 11.4. The molecule has 2 aromatic rings. The molecule has 0 saturated carbocycles. The molecular formula is C21H30N4O3S. The van der Waals surface area contributed by atoms with Crippen LogP contribution in [0.1, 0.15) is 24.1 Å². The van der Waals surface area contributed by atoms with Gasteiger partial charge in [-0.2, -0.15) is 4.31 Å². The van der Waals surface area contributed by atoms with Crippen LogP contribution in [0.5, 0.6) is 0 Å². The Morgan fingerprint density at radius 3 is 2.38 bits per heavy atom. The van der Waals surface area contributed by atoms with E-state index in [1.807, 2.05) is 14.1 Å². The zero-order valence-corrected chi connectivity index (χ0v) is 18.2. The number of aryl methyl sites for hydroxylation is 1. The van der Waals surface area contributed by atoms with Gasteiger partial charge in [0.1, 0.15) is 10.7 Å². The monoisotopic (exact) mass is 418 g/mol. The fourth-order valence-electron chi connectivity index (χ4n) is 3.35. The van der Waals surface area contributed by atoms with Crippen LogP contribution < -0.4 is 5.32 Å². The highest BCUT2D eigenvalue weighted by atomic mass is 32.2. The van der Waals surface area contributed by atoms with Gasteiger partial charge in [-0.05, 0) is 43.8 Å². The van der Waals surface area contributed by atoms with E-state index in [9.17, 15) is 8.42 Å². The Bertz CT molecular complexity index is 877. The first-order chi connectivity index (χ1) is 13.9. The molecule has 1 aliphatic rings. The summed E-state index contributed by atoms with van der Waals surface area (Å²) in [5, 5.41) is 3.33. The molecule has 7 nitrogen and oxygen atoms in total. The number of nitrogens with zero attached hydrogens (tertiary/aromatic N) is 3. The fraction of sp³-hybridized carbons (Fsp3) is 0.476. The van der Waals surface area contributed by atoms with Gasteiger partial charge in [-0.3, -0.25) is 0 Å². The minimum atomic E-state index is -3.52. The van der Waals surface area contributed by atoms with Crippen molar-refractivity contribution in [1.29, 1.82) is 0 Å². The molecule has 0 amide bonds. The normalized spacial score (nSPS) is 16.7. The lowest BCUT2D eigenvalue weighted by molar-refractivity contribution is 0.0730. The highest BCUT2D eigenvalue weighted by molar-refractivity contribution is 7.89. The summed E-state index contributed by atoms with van der Waals surface area (Å²) in [6.07, 6.45) is 2.45. The number of anilines is 1. The van der Waals surface area contributed by atoms with Crippen LogP contribution in [-0.2, 0) is 21.2 Å². The minimum Gasteiger partial charge on any atom is -0.379 e. The van der Waals surface area contributed by atoms with E-state index < -0.39 is 10.0 Å². The topological polar surface area (TPSA) is 74.8 Å². The summed E-state index contributed by atoms with van der Waals surface area (Å²) in [6, 6.07) is 12.2. The molecule has 158 valence electrons. The molecule has 2 heterocycles. The highest BCUT2D eigenvalue weighted by Gasteiger charge is 2.26. The van der Waals surface area contributed by atoms with Crippen LogP contribution >= 0.6 is 0 Å². The zero-order valence-electron chi connectivity index (χ0n) is 17.3. The third-order valence-electron chi connectivity index (χ3n) is 5.22. The van der Waals surface area contributed by atoms with Crippen LogP contribution in [0.2, 0.25) is 0 Å². The van der Waals surface area contributed by atoms with Crippen molar-refractivity contribution in [3.8, 4) is 0 Å². The van der Waals surface area contributed by atoms with Crippen molar-refractivity contribution in [3.63, 3.8) is 0 Å². The largest absolute Gasteiger partial charge is 0.379 e. The van der Waals surface area contributed by atoms with E-state index in [4.69, 9.17) is 4.74 Å². The summed E-state index contributed by atoms with van der Waals surface area (Å²) in [5.74, 6) is 0.656. The zero-order chi connectivity index (χ0) is 20.9. The van der Waals surface area contributed by atoms with Crippen LogP contribution in [0.3, 0.4) is 0 Å². The molecule has 1 fully saturated rings. The van der Waals surface area contributed by atoms with Crippen LogP contribution in [0, 0.1) is 0 Å². The smallest absolute Gasteiger partial charge is 0.244 e. The number of ether oxygens (including phenoxy) is 1. The number of hydrogen-bond acceptors (Lipinski definition) is 6. The van der Waals surface area contributed by atoms with Gasteiger partial charge in [0, 0.05) is 25.8 Å². The molecule has 1 aromatic carbocycles. The Morgan fingerprint density at radius 2 is 1.83 bits per heavy atom. The molecule has 0 spiro atoms. The van der Waals surface area contributed by atoms with Crippen molar-refractivity contribution in [2.45, 2.75) is 24.3 Å². The molecule has 29 heavy (non-hydrogen) atoms. The van der Waals surface area contributed by atoms with Crippen molar-refractivity contribution in [1.82, 2.24) is 14.2 Å². The molecule has 0 bridgehead atoms. The second-order valence-corrected chi connectivity index (χ2v) is 9.29. The number of pyridine rings is 1. The summed E-state index contributed by atoms with van der Waals surface area (Å²) in [6.45, 7) is 4.43. The Balaban J connectivity index is 1.66. The SMILES string of the molecule is CCc1ccc(C(CNc2ccc(S(=O)(=O)N3CCOCC3)cn2)N(C)C)cc1. The van der Waals surface area contributed by atoms with Gasteiger partial charge in [-0.15, -0.1) is 0 Å². The first kappa shape index (κ1) is 21.7. The average Bonchev–Trinajstić information content (AvgIpc) is 2.75. The number of morpholine rings is 1. The van der Waals surface area contributed by atoms with Gasteiger partial charge in [-0.1, -0.05) is 31.2 Å². The van der Waals surface area contributed by atoms with Gasteiger partial charge in [0.25, 0.3) is 0 Å². The van der Waals surface area contributed by atoms with E-state index in [0.717, 1.165) is 6.42 Å². The minimum absolute atomic E-state index is 0.180. The lowest BCUT2D eigenvalue weighted by Gasteiger charge is -2.26. The summed E-state index contributed by atoms with van der Waals surface area (Å²) >= 11 is 0. The number of nitrogens with one attached hydrogen (secondary N) is 1. The summed E-state index contributed by atoms with van der Waals surface area (Å²) in [4.78, 5) is 6.70. The maximum absolute atomic E-state index is 12.7. The van der Waals surface area contributed by atoms with E-state index in [-0.39, 0.29) is 10.9 Å². The van der Waals surface area contributed by atoms with E-state index in [2.05, 4.69) is 46.4 Å². The number of benzene rings is 1. The predicted molar refractivity (Wildman–Crippen MR) is 115 cm³/mol. The van der Waals surface area contributed by atoms with Gasteiger partial charge >= 0.3 is 0 Å². The molecule has 1 atom stereocenters. The summed E-state index contributed by atoms with van der Waals surface area (Å²) < 4.78 is 32.1. The van der Waals surface area contributed by atoms with Crippen molar-refractivity contribution in [2.24, 2.45) is 0 Å². The maximum Gasteiger partial charge on any atom is 0.244 e. The number of aromatic nitrogens is 1. The Kier molecular flexibility index (Phi) is 7.23. The molecule has 0 aliphatic carbocycles. The number of likely N-dealkylation sites (N-methyl/N-ethyl adjacent to an activating group) is 1. The highest BCUT2D eigenvalue weighted by Crippen LogP contribution is 2.21. The van der Waals surface area contributed by atoms with Crippen molar-refractivity contribution < 1.29 is 13.2 Å². The van der Waals surface area contributed by atoms with Crippen molar-refractivity contribution in [2.75, 3.05) is 52.3 Å². The third-order valence-corrected chi connectivity index (χ3v) is 7.10. The van der Waals surface area contributed by atoms with Crippen LogP contribution in [0.25, 0.3) is 0 Å². The Hall–Kier alpha value is -2.00. The molecule has 3 rings (SSSR count). The van der Waals surface area contributed by atoms with E-state index in [0.29, 0.717) is 38.7 Å². The van der Waals surface area contributed by atoms with Gasteiger partial charge in [0.05, 0.1) is 19.3 Å². The second kappa shape index (κ2) is 9.67. The van der Waals surface area contributed by atoms with Gasteiger partial charge < -0.3 is 15.0 Å². The summed E-state index contributed by atoms with van der Waals surface area (Å²) in [5.41, 5.74) is 2.55. The first-order valence-electron chi connectivity index (χ1n) is 9.95. The maximum atomic E-state index is 12.7. The van der Waals surface area contributed by atoms with Crippen LogP contribution in [-0.4, -0.2) is 69.6 Å².